The van der Waals surface area contributed by atoms with Gasteiger partial charge in [0.15, 0.2) is 0 Å². The van der Waals surface area contributed by atoms with E-state index in [9.17, 15) is 0 Å². The molecule has 90 valence electrons. The molecule has 0 spiro atoms. The van der Waals surface area contributed by atoms with Crippen molar-refractivity contribution in [1.82, 2.24) is 19.6 Å². The molecule has 17 heavy (non-hydrogen) atoms. The predicted octanol–water partition coefficient (Wildman–Crippen LogP) is 3.05. The second-order valence-electron chi connectivity index (χ2n) is 4.40. The summed E-state index contributed by atoms with van der Waals surface area (Å²) >= 11 is 1.43. The monoisotopic (exact) mass is 249 g/mol. The van der Waals surface area contributed by atoms with E-state index in [4.69, 9.17) is 0 Å². The maximum atomic E-state index is 4.56. The smallest absolute Gasteiger partial charge is 0.207 e. The van der Waals surface area contributed by atoms with Crippen molar-refractivity contribution < 1.29 is 0 Å². The van der Waals surface area contributed by atoms with Gasteiger partial charge >= 0.3 is 0 Å². The van der Waals surface area contributed by atoms with Crippen LogP contribution in [0.1, 0.15) is 43.8 Å². The highest BCUT2D eigenvalue weighted by atomic mass is 32.1. The fourth-order valence-electron chi connectivity index (χ4n) is 2.25. The summed E-state index contributed by atoms with van der Waals surface area (Å²) in [6.07, 6.45) is 10.0. The van der Waals surface area contributed by atoms with E-state index in [1.54, 1.807) is 6.20 Å². The van der Waals surface area contributed by atoms with Crippen molar-refractivity contribution in [2.45, 2.75) is 38.0 Å². The molecule has 3 rings (SSSR count). The molecular weight excluding hydrogens is 234 g/mol. The molecular formula is C11H15N5S. The molecule has 5 nitrogen and oxygen atoms in total. The zero-order chi connectivity index (χ0) is 11.5. The minimum absolute atomic E-state index is 0.569. The number of nitrogens with one attached hydrogen (secondary N) is 2. The highest BCUT2D eigenvalue weighted by Crippen LogP contribution is 2.32. The molecule has 2 heterocycles. The standard InChI is InChI=1S/C11H15N5S/c1-2-4-8(5-3-1)10-15-11(17-16-10)14-9-6-12-13-7-9/h6-8H,1-5H2,(H,12,13)(H,14,15,16). The minimum Gasteiger partial charge on any atom is -0.328 e. The molecule has 0 aliphatic heterocycles. The molecule has 1 saturated carbocycles. The van der Waals surface area contributed by atoms with Crippen LogP contribution < -0.4 is 5.32 Å². The lowest BCUT2D eigenvalue weighted by Crippen LogP contribution is -2.06. The van der Waals surface area contributed by atoms with Gasteiger partial charge in [-0.1, -0.05) is 19.3 Å². The predicted molar refractivity (Wildman–Crippen MR) is 67.6 cm³/mol. The molecule has 0 radical (unpaired) electrons. The van der Waals surface area contributed by atoms with Crippen LogP contribution in [0.2, 0.25) is 0 Å². The summed E-state index contributed by atoms with van der Waals surface area (Å²) < 4.78 is 4.46. The van der Waals surface area contributed by atoms with E-state index in [0.29, 0.717) is 5.92 Å². The van der Waals surface area contributed by atoms with Crippen LogP contribution in [0, 0.1) is 0 Å². The summed E-state index contributed by atoms with van der Waals surface area (Å²) in [5.41, 5.74) is 0.927. The van der Waals surface area contributed by atoms with E-state index < -0.39 is 0 Å². The van der Waals surface area contributed by atoms with Crippen molar-refractivity contribution in [3.05, 3.63) is 18.2 Å². The summed E-state index contributed by atoms with van der Waals surface area (Å²) in [5.74, 6) is 1.58. The number of rotatable bonds is 3. The molecule has 0 bridgehead atoms. The van der Waals surface area contributed by atoms with Crippen LogP contribution in [0.15, 0.2) is 12.4 Å². The van der Waals surface area contributed by atoms with E-state index in [2.05, 4.69) is 24.9 Å². The Labute approximate surface area is 104 Å². The van der Waals surface area contributed by atoms with Crippen molar-refractivity contribution in [3.8, 4) is 0 Å². The number of H-pyrrole nitrogens is 1. The lowest BCUT2D eigenvalue weighted by molar-refractivity contribution is 0.432. The van der Waals surface area contributed by atoms with Gasteiger partial charge < -0.3 is 5.32 Å². The van der Waals surface area contributed by atoms with E-state index in [1.807, 2.05) is 6.20 Å². The van der Waals surface area contributed by atoms with Gasteiger partial charge in [0.1, 0.15) is 5.82 Å². The van der Waals surface area contributed by atoms with Gasteiger partial charge in [0.25, 0.3) is 0 Å². The summed E-state index contributed by atoms with van der Waals surface area (Å²) in [6, 6.07) is 0. The second-order valence-corrected chi connectivity index (χ2v) is 5.16. The van der Waals surface area contributed by atoms with Crippen molar-refractivity contribution in [2.24, 2.45) is 0 Å². The Hall–Kier alpha value is -1.43. The number of nitrogens with zero attached hydrogens (tertiary/aromatic N) is 3. The maximum Gasteiger partial charge on any atom is 0.207 e. The molecule has 2 aromatic heterocycles. The summed E-state index contributed by atoms with van der Waals surface area (Å²) in [7, 11) is 0. The first kappa shape index (κ1) is 10.7. The Morgan fingerprint density at radius 1 is 1.29 bits per heavy atom. The van der Waals surface area contributed by atoms with Crippen LogP contribution in [0.4, 0.5) is 10.8 Å². The number of aromatic nitrogens is 4. The second kappa shape index (κ2) is 4.83. The quantitative estimate of drug-likeness (QED) is 0.877. The first-order valence-corrected chi connectivity index (χ1v) is 6.78. The number of anilines is 2. The van der Waals surface area contributed by atoms with E-state index in [0.717, 1.165) is 16.6 Å². The Balaban J connectivity index is 1.69. The van der Waals surface area contributed by atoms with Crippen LogP contribution >= 0.6 is 11.5 Å². The Bertz CT molecular complexity index is 458. The Morgan fingerprint density at radius 2 is 2.18 bits per heavy atom. The molecule has 1 fully saturated rings. The van der Waals surface area contributed by atoms with E-state index in [1.165, 1.54) is 43.6 Å². The zero-order valence-electron chi connectivity index (χ0n) is 9.52. The third-order valence-corrected chi connectivity index (χ3v) is 3.81. The van der Waals surface area contributed by atoms with Gasteiger partial charge in [-0.05, 0) is 12.8 Å². The molecule has 0 amide bonds. The topological polar surface area (TPSA) is 66.5 Å². The molecule has 2 N–H and O–H groups in total. The van der Waals surface area contributed by atoms with Crippen LogP contribution in [0.5, 0.6) is 0 Å². The van der Waals surface area contributed by atoms with E-state index >= 15 is 0 Å². The van der Waals surface area contributed by atoms with E-state index in [-0.39, 0.29) is 0 Å². The number of aromatic amines is 1. The van der Waals surface area contributed by atoms with Crippen molar-refractivity contribution >= 4 is 22.4 Å². The molecule has 2 aromatic rings. The highest BCUT2D eigenvalue weighted by Gasteiger charge is 2.19. The minimum atomic E-state index is 0.569. The number of hydrogen-bond donors (Lipinski definition) is 2. The van der Waals surface area contributed by atoms with Crippen molar-refractivity contribution in [2.75, 3.05) is 5.32 Å². The average molecular weight is 249 g/mol. The fraction of sp³-hybridized carbons (Fsp3) is 0.545. The third kappa shape index (κ3) is 2.46. The highest BCUT2D eigenvalue weighted by molar-refractivity contribution is 7.09. The fourth-order valence-corrected chi connectivity index (χ4v) is 2.92. The Kier molecular flexibility index (Phi) is 3.04. The first-order chi connectivity index (χ1) is 8.42. The molecule has 1 aliphatic rings. The zero-order valence-corrected chi connectivity index (χ0v) is 10.3. The van der Waals surface area contributed by atoms with Gasteiger partial charge in [-0.3, -0.25) is 5.10 Å². The normalized spacial score (nSPS) is 17.2. The van der Waals surface area contributed by atoms with Gasteiger partial charge in [-0.25, -0.2) is 4.98 Å². The lowest BCUT2D eigenvalue weighted by Gasteiger charge is -2.18. The molecule has 0 saturated heterocycles. The van der Waals surface area contributed by atoms with Gasteiger partial charge in [-0.15, -0.1) is 0 Å². The summed E-state index contributed by atoms with van der Waals surface area (Å²) in [6.45, 7) is 0. The largest absolute Gasteiger partial charge is 0.328 e. The van der Waals surface area contributed by atoms with Crippen LogP contribution in [0.3, 0.4) is 0 Å². The van der Waals surface area contributed by atoms with Crippen molar-refractivity contribution in [1.29, 1.82) is 0 Å². The van der Waals surface area contributed by atoms with Crippen LogP contribution in [-0.2, 0) is 0 Å². The SMILES string of the molecule is c1n[nH]cc1Nc1nc(C2CCCCC2)ns1. The van der Waals surface area contributed by atoms with Gasteiger partial charge in [0, 0.05) is 23.6 Å². The lowest BCUT2D eigenvalue weighted by atomic mass is 9.89. The molecule has 1 aliphatic carbocycles. The Morgan fingerprint density at radius 3 is 2.94 bits per heavy atom. The third-order valence-electron chi connectivity index (χ3n) is 3.16. The molecule has 6 heteroatoms. The molecule has 0 atom stereocenters. The number of hydrogen-bond acceptors (Lipinski definition) is 5. The molecule has 0 aromatic carbocycles. The van der Waals surface area contributed by atoms with Gasteiger partial charge in [0.05, 0.1) is 11.9 Å². The van der Waals surface area contributed by atoms with Crippen molar-refractivity contribution in [3.63, 3.8) is 0 Å². The van der Waals surface area contributed by atoms with Gasteiger partial charge in [0.2, 0.25) is 5.13 Å². The summed E-state index contributed by atoms with van der Waals surface area (Å²) in [5, 5.41) is 10.7. The van der Waals surface area contributed by atoms with Gasteiger partial charge in [-0.2, -0.15) is 9.47 Å². The summed E-state index contributed by atoms with van der Waals surface area (Å²) in [4.78, 5) is 4.56. The average Bonchev–Trinajstić information content (AvgIpc) is 3.02. The maximum absolute atomic E-state index is 4.56. The first-order valence-electron chi connectivity index (χ1n) is 6.01. The van der Waals surface area contributed by atoms with Crippen LogP contribution in [-0.4, -0.2) is 19.6 Å². The van der Waals surface area contributed by atoms with Crippen LogP contribution in [0.25, 0.3) is 0 Å². The molecule has 0 unspecified atom stereocenters.